The molecule has 0 spiro atoms. The maximum Gasteiger partial charge on any atom is 0.0966 e. The molecule has 0 amide bonds. The van der Waals surface area contributed by atoms with Gasteiger partial charge in [-0.2, -0.15) is 27.8 Å². The number of benzene rings is 5. The minimum atomic E-state index is -0.742. The molecule has 281 valence electrons. The fourth-order valence-electron chi connectivity index (χ4n) is 7.08. The Morgan fingerprint density at radius 2 is 0.909 bits per heavy atom. The van der Waals surface area contributed by atoms with E-state index in [1.165, 1.54) is 67.8 Å². The molecule has 1 heterocycles. The minimum absolute atomic E-state index is 0.527. The first kappa shape index (κ1) is 42.1. The predicted octanol–water partition coefficient (Wildman–Crippen LogP) is 10.5. The first-order chi connectivity index (χ1) is 26.5. The standard InChI is InChI=1S/C27H26P2.C13H11NO.C10H15.Ru/c1-5-14-24(15-6-1)28(25-16-7-2-8-17-25)22-13-23-29(26-18-9-3-10-19-26)27-20-11-4-12-21-27;1-13(2)12(8-14)11(9-15-13)10-6-4-3-5-7-10;1-6-7(2)9(4)10(5)8(6)3;/h1-12,14-21H,13,22-23H2;3-7H,1-2H3;1-5H3;/q;;-1;+1/p+2. The summed E-state index contributed by atoms with van der Waals surface area (Å²) in [5.74, 6) is 0. The second-order valence-corrected chi connectivity index (χ2v) is 20.5. The third-order valence-corrected chi connectivity index (χ3v) is 17.2. The van der Waals surface area contributed by atoms with Crippen LogP contribution >= 0.6 is 15.8 Å². The smallest absolute Gasteiger partial charge is 0.0966 e. The predicted molar refractivity (Wildman–Crippen MR) is 240 cm³/mol. The van der Waals surface area contributed by atoms with E-state index in [1.807, 2.05) is 44.2 Å². The van der Waals surface area contributed by atoms with Gasteiger partial charge in [0.1, 0.15) is 0 Å². The molecule has 0 saturated heterocycles. The summed E-state index contributed by atoms with van der Waals surface area (Å²) in [4.78, 5) is 0. The summed E-state index contributed by atoms with van der Waals surface area (Å²) >= 11 is 2.46. The molecule has 0 saturated carbocycles. The Labute approximate surface area is 342 Å². The van der Waals surface area contributed by atoms with Gasteiger partial charge in [-0.15, -0.1) is 0 Å². The number of hydrogen-bond acceptors (Lipinski definition) is 2. The van der Waals surface area contributed by atoms with Crippen molar-refractivity contribution in [2.24, 2.45) is 0 Å². The first-order valence-electron chi connectivity index (χ1n) is 19.1. The molecule has 0 bridgehead atoms. The van der Waals surface area contributed by atoms with E-state index in [4.69, 9.17) is 4.74 Å². The number of ether oxygens (including phenoxy) is 1. The Kier molecular flexibility index (Phi) is 15.5. The quantitative estimate of drug-likeness (QED) is 0.0825. The summed E-state index contributed by atoms with van der Waals surface area (Å²) < 4.78 is 6.46. The van der Waals surface area contributed by atoms with Crippen LogP contribution in [0.25, 0.3) is 5.57 Å². The van der Waals surface area contributed by atoms with Crippen molar-refractivity contribution < 1.29 is 22.6 Å². The van der Waals surface area contributed by atoms with Crippen LogP contribution in [-0.4, -0.2) is 22.2 Å². The third-order valence-electron chi connectivity index (χ3n) is 10.7. The molecule has 1 aliphatic rings. The van der Waals surface area contributed by atoms with Crippen molar-refractivity contribution in [3.63, 3.8) is 0 Å². The van der Waals surface area contributed by atoms with Gasteiger partial charge >= 0.3 is 105 Å². The zero-order chi connectivity index (χ0) is 39.4. The van der Waals surface area contributed by atoms with Gasteiger partial charge < -0.3 is 0 Å². The van der Waals surface area contributed by atoms with E-state index in [0.717, 1.165) is 15.4 Å². The molecule has 1 aliphatic heterocycles. The zero-order valence-corrected chi connectivity index (χ0v) is 37.0. The largest absolute Gasteiger partial charge is 0.196 e. The van der Waals surface area contributed by atoms with E-state index in [-0.39, 0.29) is 0 Å². The van der Waals surface area contributed by atoms with Gasteiger partial charge in [0.25, 0.3) is 0 Å². The van der Waals surface area contributed by atoms with E-state index >= 15 is 0 Å². The van der Waals surface area contributed by atoms with Gasteiger partial charge in [0.05, 0.1) is 49.4 Å². The summed E-state index contributed by atoms with van der Waals surface area (Å²) in [6.45, 7) is 14.8. The van der Waals surface area contributed by atoms with Crippen molar-refractivity contribution in [2.45, 2.75) is 60.5 Å². The monoisotopic (exact) mass is 848 g/mol. The normalized spacial score (nSPS) is 13.2. The zero-order valence-electron chi connectivity index (χ0n) is 33.3. The molecule has 7 rings (SSSR count). The van der Waals surface area contributed by atoms with Gasteiger partial charge in [0.2, 0.25) is 0 Å². The third kappa shape index (κ3) is 10.9. The van der Waals surface area contributed by atoms with Crippen molar-refractivity contribution in [1.29, 1.82) is 5.26 Å². The molecule has 5 heteroatoms. The maximum absolute atomic E-state index is 9.24. The molecule has 0 atom stereocenters. The second kappa shape index (κ2) is 20.2. The summed E-state index contributed by atoms with van der Waals surface area (Å²) in [6, 6.07) is 56.7. The Morgan fingerprint density at radius 1 is 0.582 bits per heavy atom. The topological polar surface area (TPSA) is 33.0 Å². The molecule has 6 aromatic rings. The van der Waals surface area contributed by atoms with E-state index in [9.17, 15) is 5.26 Å². The Balaban J connectivity index is 0.000000186. The van der Waals surface area contributed by atoms with Gasteiger partial charge in [-0.3, -0.25) is 0 Å². The van der Waals surface area contributed by atoms with E-state index in [0.29, 0.717) is 5.57 Å². The average Bonchev–Trinajstić information content (AvgIpc) is 3.56. The minimum Gasteiger partial charge on any atom is -0.196 e. The van der Waals surface area contributed by atoms with Crippen LogP contribution in [-0.2, 0) is 22.6 Å². The molecule has 6 aromatic carbocycles. The van der Waals surface area contributed by atoms with Gasteiger partial charge in [0, 0.05) is 6.42 Å². The summed E-state index contributed by atoms with van der Waals surface area (Å²) in [7, 11) is -1.48. The first-order valence-corrected chi connectivity index (χ1v) is 23.4. The Morgan fingerprint density at radius 3 is 1.20 bits per heavy atom. The van der Waals surface area contributed by atoms with Crippen LogP contribution in [0.5, 0.6) is 0 Å². The second-order valence-electron chi connectivity index (χ2n) is 14.5. The van der Waals surface area contributed by atoms with Crippen LogP contribution in [0.1, 0.15) is 53.6 Å². The molecular weight excluding hydrogens is 794 g/mol. The summed E-state index contributed by atoms with van der Waals surface area (Å²) in [6.07, 6.45) is 3.84. The number of hydrogen-bond donors (Lipinski definition) is 0. The van der Waals surface area contributed by atoms with Crippen LogP contribution in [0.2, 0.25) is 0 Å². The van der Waals surface area contributed by atoms with Crippen LogP contribution in [0.15, 0.2) is 157 Å². The summed E-state index contributed by atoms with van der Waals surface area (Å²) in [5.41, 5.74) is 9.43. The van der Waals surface area contributed by atoms with Gasteiger partial charge in [-0.1, -0.05) is 107 Å². The van der Waals surface area contributed by atoms with Crippen molar-refractivity contribution >= 4 is 46.9 Å². The van der Waals surface area contributed by atoms with Gasteiger partial charge in [0.15, 0.2) is 0 Å². The Hall–Kier alpha value is -4.01. The summed E-state index contributed by atoms with van der Waals surface area (Å²) in [5, 5.41) is 15.3. The number of nitriles is 1. The van der Waals surface area contributed by atoms with E-state index in [1.54, 1.807) is 0 Å². The fraction of sp³-hybridized carbons (Fsp3) is 0.220. The number of nitrogens with zero attached hydrogens (tertiary/aromatic N) is 1. The van der Waals surface area contributed by atoms with Crippen molar-refractivity contribution in [3.05, 3.63) is 191 Å². The molecule has 0 unspecified atom stereocenters. The molecule has 55 heavy (non-hydrogen) atoms. The van der Waals surface area contributed by atoms with Crippen LogP contribution in [0.3, 0.4) is 0 Å². The SMILES string of the molecule is CC1(C)O[C](=[Ru+])C(c2ccccc2)=C1C#N.Cc1c(C)c(C)[c-](C)c1C.c1ccc([PH+](CCC[PH+](c2ccccc2)c2ccccc2)c2ccccc2)cc1. The van der Waals surface area contributed by atoms with Crippen LogP contribution in [0.4, 0.5) is 0 Å². The Bertz CT molecular complexity index is 1960. The van der Waals surface area contributed by atoms with Crippen LogP contribution < -0.4 is 21.2 Å². The molecule has 0 aromatic heterocycles. The van der Waals surface area contributed by atoms with Crippen molar-refractivity contribution in [1.82, 2.24) is 0 Å². The van der Waals surface area contributed by atoms with E-state index in [2.05, 4.69) is 180 Å². The molecule has 0 fully saturated rings. The molecule has 0 N–H and O–H groups in total. The maximum atomic E-state index is 9.24. The number of rotatable bonds is 9. The average molecular weight is 848 g/mol. The van der Waals surface area contributed by atoms with Gasteiger partial charge in [-0.25, -0.2) is 0 Å². The van der Waals surface area contributed by atoms with Gasteiger partial charge in [-0.05, 0) is 48.5 Å². The van der Waals surface area contributed by atoms with Crippen LogP contribution in [0, 0.1) is 45.9 Å². The van der Waals surface area contributed by atoms with Crippen molar-refractivity contribution in [2.75, 3.05) is 12.3 Å². The molecule has 0 radical (unpaired) electrons. The molecule has 0 aliphatic carbocycles. The molecular formula is C50H54NOP2Ru+2. The fourth-order valence-corrected chi connectivity index (χ4v) is 13.6. The van der Waals surface area contributed by atoms with Crippen molar-refractivity contribution in [3.8, 4) is 6.07 Å². The van der Waals surface area contributed by atoms with E-state index < -0.39 is 21.4 Å². The molecule has 2 nitrogen and oxygen atoms in total.